The molecule has 0 saturated heterocycles. The maximum Gasteiger partial charge on any atom is 0.0824 e. The van der Waals surface area contributed by atoms with Crippen LogP contribution in [-0.4, -0.2) is 10.9 Å². The molecular weight excluding hydrogens is 188 g/mol. The Kier molecular flexibility index (Phi) is 1.33. The number of hydrogen-bond acceptors (Lipinski definition) is 4. The van der Waals surface area contributed by atoms with Gasteiger partial charge < -0.3 is 5.32 Å². The van der Waals surface area contributed by atoms with E-state index in [1.54, 1.807) is 11.3 Å². The van der Waals surface area contributed by atoms with Crippen LogP contribution in [0.15, 0.2) is 22.5 Å². The van der Waals surface area contributed by atoms with Gasteiger partial charge in [-0.3, -0.25) is 0 Å². The smallest absolute Gasteiger partial charge is 0.0824 e. The zero-order valence-electron chi connectivity index (χ0n) is 6.20. The molecular formula is C8H6N2S2. The van der Waals surface area contributed by atoms with Crippen LogP contribution < -0.4 is 5.32 Å². The number of fused-ring (bicyclic) bond motifs is 2. The van der Waals surface area contributed by atoms with Gasteiger partial charge in [0.25, 0.3) is 0 Å². The Balaban J connectivity index is 2.38. The monoisotopic (exact) mass is 194 g/mol. The SMILES string of the molecule is c1nc2cc3c(cc2s1)NCS3. The Labute approximate surface area is 78.0 Å². The van der Waals surface area contributed by atoms with Gasteiger partial charge in [-0.1, -0.05) is 0 Å². The second-order valence-electron chi connectivity index (χ2n) is 2.63. The number of thioether (sulfide) groups is 1. The molecule has 2 nitrogen and oxygen atoms in total. The van der Waals surface area contributed by atoms with E-state index in [0.29, 0.717) is 0 Å². The molecule has 1 aromatic carbocycles. The minimum atomic E-state index is 0.993. The molecule has 2 aromatic rings. The Bertz CT molecular complexity index is 398. The minimum absolute atomic E-state index is 0.993. The third-order valence-electron chi connectivity index (χ3n) is 1.92. The number of nitrogens with one attached hydrogen (secondary N) is 1. The molecule has 1 aliphatic heterocycles. The summed E-state index contributed by atoms with van der Waals surface area (Å²) < 4.78 is 1.27. The maximum absolute atomic E-state index is 4.27. The van der Waals surface area contributed by atoms with Gasteiger partial charge in [0, 0.05) is 4.90 Å². The van der Waals surface area contributed by atoms with E-state index >= 15 is 0 Å². The number of thiazole rings is 1. The lowest BCUT2D eigenvalue weighted by molar-refractivity contribution is 1.42. The second-order valence-corrected chi connectivity index (χ2v) is 4.54. The quantitative estimate of drug-likeness (QED) is 0.698. The van der Waals surface area contributed by atoms with Gasteiger partial charge >= 0.3 is 0 Å². The predicted octanol–water partition coefficient (Wildman–Crippen LogP) is 2.77. The standard InChI is InChI=1S/C8H6N2S2/c1-5-8(12-3-9-5)2-6-7(1)11-4-10-6/h1-3,10H,4H2. The van der Waals surface area contributed by atoms with E-state index in [1.807, 2.05) is 17.3 Å². The predicted molar refractivity (Wildman–Crippen MR) is 54.0 cm³/mol. The van der Waals surface area contributed by atoms with Crippen molar-refractivity contribution in [1.29, 1.82) is 0 Å². The van der Waals surface area contributed by atoms with Gasteiger partial charge in [-0.2, -0.15) is 0 Å². The van der Waals surface area contributed by atoms with Gasteiger partial charge in [-0.15, -0.1) is 23.1 Å². The fourth-order valence-corrected chi connectivity index (χ4v) is 2.90. The van der Waals surface area contributed by atoms with Crippen molar-refractivity contribution in [1.82, 2.24) is 4.98 Å². The summed E-state index contributed by atoms with van der Waals surface area (Å²) in [7, 11) is 0. The first-order valence-corrected chi connectivity index (χ1v) is 5.54. The third kappa shape index (κ3) is 0.850. The van der Waals surface area contributed by atoms with Crippen LogP contribution >= 0.6 is 23.1 Å². The van der Waals surface area contributed by atoms with E-state index in [9.17, 15) is 0 Å². The van der Waals surface area contributed by atoms with Crippen molar-refractivity contribution in [2.45, 2.75) is 4.90 Å². The average Bonchev–Trinajstić information content (AvgIpc) is 2.64. The summed E-state index contributed by atoms with van der Waals surface area (Å²) in [5.41, 5.74) is 4.27. The summed E-state index contributed by atoms with van der Waals surface area (Å²) in [5.74, 6) is 0.993. The Morgan fingerprint density at radius 3 is 3.42 bits per heavy atom. The number of anilines is 1. The lowest BCUT2D eigenvalue weighted by atomic mass is 10.3. The molecule has 60 valence electrons. The Hall–Kier alpha value is -0.740. The summed E-state index contributed by atoms with van der Waals surface area (Å²) in [6.07, 6.45) is 0. The molecule has 0 unspecified atom stereocenters. The highest BCUT2D eigenvalue weighted by Crippen LogP contribution is 2.37. The molecule has 4 heteroatoms. The van der Waals surface area contributed by atoms with Crippen molar-refractivity contribution in [2.24, 2.45) is 0 Å². The van der Waals surface area contributed by atoms with Gasteiger partial charge in [0.05, 0.1) is 27.3 Å². The van der Waals surface area contributed by atoms with Crippen molar-refractivity contribution in [3.8, 4) is 0 Å². The third-order valence-corrected chi connectivity index (χ3v) is 3.65. The van der Waals surface area contributed by atoms with Crippen molar-refractivity contribution in [3.05, 3.63) is 17.6 Å². The summed E-state index contributed by atoms with van der Waals surface area (Å²) >= 11 is 3.53. The van der Waals surface area contributed by atoms with E-state index in [-0.39, 0.29) is 0 Å². The first-order chi connectivity index (χ1) is 5.93. The van der Waals surface area contributed by atoms with Gasteiger partial charge in [0.2, 0.25) is 0 Å². The molecule has 0 bridgehead atoms. The zero-order chi connectivity index (χ0) is 7.97. The normalized spacial score (nSPS) is 14.7. The molecule has 0 saturated carbocycles. The molecule has 0 radical (unpaired) electrons. The lowest BCUT2D eigenvalue weighted by Crippen LogP contribution is -1.87. The lowest BCUT2D eigenvalue weighted by Gasteiger charge is -1.96. The summed E-state index contributed by atoms with van der Waals surface area (Å²) in [6.45, 7) is 0. The zero-order valence-corrected chi connectivity index (χ0v) is 7.84. The summed E-state index contributed by atoms with van der Waals surface area (Å²) in [6, 6.07) is 4.34. The molecule has 12 heavy (non-hydrogen) atoms. The van der Waals surface area contributed by atoms with E-state index in [0.717, 1.165) is 11.4 Å². The Morgan fingerprint density at radius 2 is 2.42 bits per heavy atom. The molecule has 0 aliphatic carbocycles. The fraction of sp³-hybridized carbons (Fsp3) is 0.125. The first kappa shape index (κ1) is 6.74. The molecule has 1 aromatic heterocycles. The van der Waals surface area contributed by atoms with Gasteiger partial charge in [-0.05, 0) is 12.1 Å². The van der Waals surface area contributed by atoms with Crippen molar-refractivity contribution in [3.63, 3.8) is 0 Å². The van der Waals surface area contributed by atoms with Crippen LogP contribution in [0.1, 0.15) is 0 Å². The minimum Gasteiger partial charge on any atom is -0.375 e. The van der Waals surface area contributed by atoms with Crippen molar-refractivity contribution < 1.29 is 0 Å². The maximum atomic E-state index is 4.27. The molecule has 1 N–H and O–H groups in total. The average molecular weight is 194 g/mol. The number of aromatic nitrogens is 1. The topological polar surface area (TPSA) is 24.9 Å². The van der Waals surface area contributed by atoms with E-state index in [1.165, 1.54) is 15.3 Å². The molecule has 2 heterocycles. The molecule has 0 fully saturated rings. The number of hydrogen-bond donors (Lipinski definition) is 1. The van der Waals surface area contributed by atoms with Crippen molar-refractivity contribution >= 4 is 39.0 Å². The van der Waals surface area contributed by atoms with Gasteiger partial charge in [-0.25, -0.2) is 4.98 Å². The van der Waals surface area contributed by atoms with E-state index in [2.05, 4.69) is 22.4 Å². The highest BCUT2D eigenvalue weighted by molar-refractivity contribution is 7.99. The fourth-order valence-electron chi connectivity index (χ4n) is 1.33. The molecule has 0 atom stereocenters. The van der Waals surface area contributed by atoms with Crippen molar-refractivity contribution in [2.75, 3.05) is 11.2 Å². The number of nitrogens with zero attached hydrogens (tertiary/aromatic N) is 1. The number of benzene rings is 1. The van der Waals surface area contributed by atoms with Crippen LogP contribution in [0.2, 0.25) is 0 Å². The van der Waals surface area contributed by atoms with Crippen LogP contribution in [0.3, 0.4) is 0 Å². The number of rotatable bonds is 0. The van der Waals surface area contributed by atoms with Crippen LogP contribution in [0.4, 0.5) is 5.69 Å². The van der Waals surface area contributed by atoms with E-state index < -0.39 is 0 Å². The molecule has 0 amide bonds. The first-order valence-electron chi connectivity index (χ1n) is 3.67. The van der Waals surface area contributed by atoms with E-state index in [4.69, 9.17) is 0 Å². The largest absolute Gasteiger partial charge is 0.375 e. The highest BCUT2D eigenvalue weighted by Gasteiger charge is 2.11. The highest BCUT2D eigenvalue weighted by atomic mass is 32.2. The molecule has 0 spiro atoms. The van der Waals surface area contributed by atoms with Crippen LogP contribution in [0.5, 0.6) is 0 Å². The molecule has 1 aliphatic rings. The van der Waals surface area contributed by atoms with Crippen LogP contribution in [0.25, 0.3) is 10.2 Å². The Morgan fingerprint density at radius 1 is 1.42 bits per heavy atom. The van der Waals surface area contributed by atoms with Gasteiger partial charge in [0.1, 0.15) is 0 Å². The molecule has 3 rings (SSSR count). The van der Waals surface area contributed by atoms with Crippen LogP contribution in [0, 0.1) is 0 Å². The second kappa shape index (κ2) is 2.37. The van der Waals surface area contributed by atoms with Gasteiger partial charge in [0.15, 0.2) is 0 Å². The summed E-state index contributed by atoms with van der Waals surface area (Å²) in [4.78, 5) is 5.60. The van der Waals surface area contributed by atoms with Crippen LogP contribution in [-0.2, 0) is 0 Å². The summed E-state index contributed by atoms with van der Waals surface area (Å²) in [5, 5.41) is 3.32.